The molecule has 11 heavy (non-hydrogen) atoms. The maximum atomic E-state index is 5.50. The van der Waals surface area contributed by atoms with E-state index in [1.165, 1.54) is 6.33 Å². The number of nitrogens with zero attached hydrogens (tertiary/aromatic N) is 2. The van der Waals surface area contributed by atoms with E-state index >= 15 is 0 Å². The average Bonchev–Trinajstić information content (AvgIpc) is 2.09. The van der Waals surface area contributed by atoms with Crippen LogP contribution >= 0.6 is 0 Å². The maximum absolute atomic E-state index is 5.50. The third kappa shape index (κ3) is 1.96. The zero-order chi connectivity index (χ0) is 8.10. The normalized spacial score (nSPS) is 12.9. The molecule has 3 N–H and O–H groups in total. The third-order valence-corrected chi connectivity index (χ3v) is 1.57. The van der Waals surface area contributed by atoms with Gasteiger partial charge in [-0.25, -0.2) is 9.97 Å². The number of hydrogen-bond donors (Lipinski definition) is 2. The Balaban J connectivity index is 2.74. The monoisotopic (exact) mass is 152 g/mol. The molecule has 0 aliphatic rings. The van der Waals surface area contributed by atoms with E-state index in [2.05, 4.69) is 15.3 Å². The summed E-state index contributed by atoms with van der Waals surface area (Å²) in [5.41, 5.74) is 6.52. The number of aromatic nitrogens is 2. The Labute approximate surface area is 65.9 Å². The molecule has 1 rings (SSSR count). The van der Waals surface area contributed by atoms with Gasteiger partial charge in [-0.2, -0.15) is 0 Å². The molecule has 0 spiro atoms. The van der Waals surface area contributed by atoms with Crippen LogP contribution < -0.4 is 11.1 Å². The van der Waals surface area contributed by atoms with Crippen molar-refractivity contribution in [2.24, 2.45) is 5.73 Å². The minimum Gasteiger partial charge on any atom is -0.329 e. The number of likely N-dealkylation sites (N-methyl/N-ethyl adjacent to an activating group) is 1. The average molecular weight is 152 g/mol. The van der Waals surface area contributed by atoms with Crippen molar-refractivity contribution < 1.29 is 0 Å². The molecular formula is C7H12N4. The van der Waals surface area contributed by atoms with Crippen molar-refractivity contribution in [3.05, 3.63) is 24.3 Å². The first-order valence-corrected chi connectivity index (χ1v) is 3.50. The molecule has 1 unspecified atom stereocenters. The second kappa shape index (κ2) is 4.00. The predicted octanol–water partition coefficient (Wildman–Crippen LogP) is -0.304. The molecule has 0 aliphatic heterocycles. The molecular weight excluding hydrogens is 140 g/mol. The van der Waals surface area contributed by atoms with E-state index in [1.54, 1.807) is 12.4 Å². The summed E-state index contributed by atoms with van der Waals surface area (Å²) in [5, 5.41) is 3.06. The lowest BCUT2D eigenvalue weighted by molar-refractivity contribution is 0.600. The molecule has 1 heterocycles. The second-order valence-electron chi connectivity index (χ2n) is 2.25. The van der Waals surface area contributed by atoms with Crippen LogP contribution in [0.1, 0.15) is 11.6 Å². The van der Waals surface area contributed by atoms with Crippen LogP contribution in [0.4, 0.5) is 0 Å². The summed E-state index contributed by atoms with van der Waals surface area (Å²) in [4.78, 5) is 7.79. The van der Waals surface area contributed by atoms with Gasteiger partial charge < -0.3 is 11.1 Å². The van der Waals surface area contributed by atoms with Gasteiger partial charge in [0.05, 0.1) is 0 Å². The lowest BCUT2D eigenvalue weighted by Gasteiger charge is -2.11. The van der Waals surface area contributed by atoms with Crippen LogP contribution in [0.3, 0.4) is 0 Å². The van der Waals surface area contributed by atoms with Crippen molar-refractivity contribution >= 4 is 0 Å². The highest BCUT2D eigenvalue weighted by molar-refractivity contribution is 5.09. The molecule has 60 valence electrons. The lowest BCUT2D eigenvalue weighted by atomic mass is 10.1. The fourth-order valence-corrected chi connectivity index (χ4v) is 0.911. The van der Waals surface area contributed by atoms with E-state index in [4.69, 9.17) is 5.73 Å². The van der Waals surface area contributed by atoms with Gasteiger partial charge in [0.15, 0.2) is 0 Å². The van der Waals surface area contributed by atoms with Crippen LogP contribution in [0.15, 0.2) is 18.7 Å². The van der Waals surface area contributed by atoms with Gasteiger partial charge in [-0.15, -0.1) is 0 Å². The quantitative estimate of drug-likeness (QED) is 0.624. The van der Waals surface area contributed by atoms with Gasteiger partial charge in [0.25, 0.3) is 0 Å². The maximum Gasteiger partial charge on any atom is 0.115 e. The van der Waals surface area contributed by atoms with Crippen molar-refractivity contribution in [1.29, 1.82) is 0 Å². The van der Waals surface area contributed by atoms with E-state index in [0.29, 0.717) is 6.54 Å². The molecule has 0 saturated heterocycles. The molecule has 4 nitrogen and oxygen atoms in total. The largest absolute Gasteiger partial charge is 0.329 e. The number of hydrogen-bond acceptors (Lipinski definition) is 4. The summed E-state index contributed by atoms with van der Waals surface area (Å²) in [6.45, 7) is 0.559. The summed E-state index contributed by atoms with van der Waals surface area (Å²) in [5.74, 6) is 0. The smallest absolute Gasteiger partial charge is 0.115 e. The van der Waals surface area contributed by atoms with Crippen LogP contribution in [0.25, 0.3) is 0 Å². The Morgan fingerprint density at radius 1 is 1.55 bits per heavy atom. The topological polar surface area (TPSA) is 63.8 Å². The summed E-state index contributed by atoms with van der Waals surface area (Å²) in [6, 6.07) is 0.163. The first-order chi connectivity index (χ1) is 5.38. The van der Waals surface area contributed by atoms with E-state index < -0.39 is 0 Å². The Bertz CT molecular complexity index is 195. The molecule has 0 fully saturated rings. The minimum atomic E-state index is 0.163. The Morgan fingerprint density at radius 2 is 2.18 bits per heavy atom. The van der Waals surface area contributed by atoms with Crippen molar-refractivity contribution in [3.63, 3.8) is 0 Å². The zero-order valence-electron chi connectivity index (χ0n) is 6.49. The highest BCUT2D eigenvalue weighted by Gasteiger charge is 2.05. The van der Waals surface area contributed by atoms with E-state index in [0.717, 1.165) is 5.56 Å². The van der Waals surface area contributed by atoms with Crippen molar-refractivity contribution in [3.8, 4) is 0 Å². The molecule has 1 atom stereocenters. The Kier molecular flexibility index (Phi) is 2.95. The number of nitrogens with two attached hydrogens (primary N) is 1. The third-order valence-electron chi connectivity index (χ3n) is 1.57. The molecule has 0 radical (unpaired) electrons. The molecule has 0 bridgehead atoms. The second-order valence-corrected chi connectivity index (χ2v) is 2.25. The van der Waals surface area contributed by atoms with Crippen LogP contribution in [0, 0.1) is 0 Å². The minimum absolute atomic E-state index is 0.163. The SMILES string of the molecule is CNC(CN)c1cncnc1. The zero-order valence-corrected chi connectivity index (χ0v) is 6.49. The standard InChI is InChI=1S/C7H12N4/c1-9-7(2-8)6-3-10-5-11-4-6/h3-5,7,9H,2,8H2,1H3. The van der Waals surface area contributed by atoms with Crippen molar-refractivity contribution in [2.45, 2.75) is 6.04 Å². The molecule has 1 aromatic rings. The van der Waals surface area contributed by atoms with Gasteiger partial charge in [0.1, 0.15) is 6.33 Å². The molecule has 0 aromatic carbocycles. The predicted molar refractivity (Wildman–Crippen MR) is 42.9 cm³/mol. The van der Waals surface area contributed by atoms with Gasteiger partial charge in [0.2, 0.25) is 0 Å². The molecule has 4 heteroatoms. The highest BCUT2D eigenvalue weighted by Crippen LogP contribution is 2.05. The van der Waals surface area contributed by atoms with Crippen molar-refractivity contribution in [1.82, 2.24) is 15.3 Å². The van der Waals surface area contributed by atoms with Crippen molar-refractivity contribution in [2.75, 3.05) is 13.6 Å². The van der Waals surface area contributed by atoms with Crippen LogP contribution in [0.5, 0.6) is 0 Å². The summed E-state index contributed by atoms with van der Waals surface area (Å²) in [6.07, 6.45) is 5.04. The summed E-state index contributed by atoms with van der Waals surface area (Å²) < 4.78 is 0. The van der Waals surface area contributed by atoms with Crippen LogP contribution in [-0.2, 0) is 0 Å². The van der Waals surface area contributed by atoms with E-state index in [9.17, 15) is 0 Å². The fourth-order valence-electron chi connectivity index (χ4n) is 0.911. The first-order valence-electron chi connectivity index (χ1n) is 3.50. The number of nitrogens with one attached hydrogen (secondary N) is 1. The Morgan fingerprint density at radius 3 is 2.64 bits per heavy atom. The fraction of sp³-hybridized carbons (Fsp3) is 0.429. The molecule has 0 saturated carbocycles. The molecule has 1 aromatic heterocycles. The van der Waals surface area contributed by atoms with Gasteiger partial charge in [-0.1, -0.05) is 0 Å². The molecule has 0 aliphatic carbocycles. The van der Waals surface area contributed by atoms with Gasteiger partial charge in [-0.3, -0.25) is 0 Å². The molecule has 0 amide bonds. The van der Waals surface area contributed by atoms with Crippen LogP contribution in [0.2, 0.25) is 0 Å². The highest BCUT2D eigenvalue weighted by atomic mass is 14.9. The number of rotatable bonds is 3. The summed E-state index contributed by atoms with van der Waals surface area (Å²) >= 11 is 0. The van der Waals surface area contributed by atoms with E-state index in [1.807, 2.05) is 7.05 Å². The van der Waals surface area contributed by atoms with Crippen LogP contribution in [-0.4, -0.2) is 23.6 Å². The first kappa shape index (κ1) is 8.10. The lowest BCUT2D eigenvalue weighted by Crippen LogP contribution is -2.24. The van der Waals surface area contributed by atoms with E-state index in [-0.39, 0.29) is 6.04 Å². The van der Waals surface area contributed by atoms with Gasteiger partial charge in [-0.05, 0) is 7.05 Å². The summed E-state index contributed by atoms with van der Waals surface area (Å²) in [7, 11) is 1.87. The van der Waals surface area contributed by atoms with Gasteiger partial charge >= 0.3 is 0 Å². The Hall–Kier alpha value is -1.00. The van der Waals surface area contributed by atoms with Gasteiger partial charge in [0, 0.05) is 30.5 Å².